The number of H-pyrrole nitrogens is 1. The zero-order valence-corrected chi connectivity index (χ0v) is 19.1. The van der Waals surface area contributed by atoms with Gasteiger partial charge >= 0.3 is 5.97 Å². The van der Waals surface area contributed by atoms with Crippen LogP contribution < -0.4 is 10.5 Å². The van der Waals surface area contributed by atoms with Gasteiger partial charge < -0.3 is 29.6 Å². The van der Waals surface area contributed by atoms with Gasteiger partial charge in [0, 0.05) is 38.9 Å². The van der Waals surface area contributed by atoms with Crippen LogP contribution in [0.4, 0.5) is 0 Å². The molecule has 1 radical (unpaired) electrons. The van der Waals surface area contributed by atoms with Crippen molar-refractivity contribution in [3.8, 4) is 11.8 Å². The van der Waals surface area contributed by atoms with E-state index >= 15 is 0 Å². The van der Waals surface area contributed by atoms with E-state index in [-0.39, 0.29) is 60.9 Å². The van der Waals surface area contributed by atoms with Crippen LogP contribution >= 0.6 is 0 Å². The van der Waals surface area contributed by atoms with Gasteiger partial charge in [-0.25, -0.2) is 14.5 Å². The third-order valence-electron chi connectivity index (χ3n) is 2.66. The van der Waals surface area contributed by atoms with Crippen molar-refractivity contribution >= 4 is 17.0 Å². The number of carbonyl (C=O) groups is 1. The summed E-state index contributed by atoms with van der Waals surface area (Å²) in [6, 6.07) is 0. The molecule has 0 saturated carbocycles. The Labute approximate surface area is 198 Å². The molecule has 0 spiro atoms. The Kier molecular flexibility index (Phi) is 21.6. The summed E-state index contributed by atoms with van der Waals surface area (Å²) in [6.45, 7) is 7.65. The van der Waals surface area contributed by atoms with E-state index in [1.165, 1.54) is 31.3 Å². The van der Waals surface area contributed by atoms with Crippen molar-refractivity contribution < 1.29 is 47.0 Å². The van der Waals surface area contributed by atoms with Crippen molar-refractivity contribution in [3.05, 3.63) is 38.5 Å². The fourth-order valence-corrected chi connectivity index (χ4v) is 1.71. The molecule has 3 aromatic heterocycles. The third-order valence-corrected chi connectivity index (χ3v) is 2.66. The molecular weight excluding hydrogens is 451 g/mol. The predicted molar refractivity (Wildman–Crippen MR) is 112 cm³/mol. The summed E-state index contributed by atoms with van der Waals surface area (Å²) >= 11 is 0. The van der Waals surface area contributed by atoms with E-state index in [0.717, 1.165) is 6.54 Å². The molecule has 0 aromatic carbocycles. The van der Waals surface area contributed by atoms with E-state index in [2.05, 4.69) is 36.9 Å². The molecule has 3 heterocycles. The van der Waals surface area contributed by atoms with Crippen molar-refractivity contribution in [2.45, 2.75) is 28.7 Å². The minimum atomic E-state index is -0.479. The number of fused-ring (bicyclic) bond motifs is 1. The first-order chi connectivity index (χ1) is 12.1. The number of hydrogen-bond acceptors (Lipinski definition) is 8. The Hall–Kier alpha value is -1.91. The Bertz CT molecular complexity index is 806. The number of carbonyl (C=O) groups excluding carboxylic acids is 1. The first-order valence-corrected chi connectivity index (χ1v) is 7.43. The second-order valence-corrected chi connectivity index (χ2v) is 4.24. The largest absolute Gasteiger partial charge is 0.479 e. The van der Waals surface area contributed by atoms with Crippen LogP contribution in [0.2, 0.25) is 0 Å². The summed E-state index contributed by atoms with van der Waals surface area (Å²) in [5, 5.41) is 10.7. The molecule has 0 atom stereocenters. The molecule has 3 rings (SSSR count). The maximum atomic E-state index is 11.4. The number of nitrogens with one attached hydrogen (secondary N) is 1. The fourth-order valence-electron chi connectivity index (χ4n) is 1.71. The average Bonchev–Trinajstić information content (AvgIpc) is 3.31. The molecule has 0 aliphatic heterocycles. The standard InChI is InChI=1S/C11H10N6O3.C2H7N.C2H5.2CH4.CH3.Y/c1-19-9-8-7(4-12-16-8)14-11(15-9)17-5-6(3-13-17)10(18)20-2;1-2-3;1-2;;;;/h3-5H,1-2H3,(H,12,16);2-3H2,1H3;1H2,2H3;2*1H4;1H3;/q;;-1;;;-1;. The predicted octanol–water partition coefficient (Wildman–Crippen LogP) is 2.86. The van der Waals surface area contributed by atoms with Crippen molar-refractivity contribution in [1.82, 2.24) is 29.9 Å². The SMILES string of the molecule is C.C.CCN.COC(=O)c1cnn(-c2nc(OC)c3[nH]ncc3n2)c1.[CH2-]C.[CH3-].[Y]. The molecule has 11 heteroatoms. The van der Waals surface area contributed by atoms with E-state index in [0.29, 0.717) is 22.5 Å². The first kappa shape index (κ1) is 34.6. The Morgan fingerprint density at radius 1 is 1.24 bits per heavy atom. The molecule has 0 aliphatic carbocycles. The maximum absolute atomic E-state index is 11.4. The first-order valence-electron chi connectivity index (χ1n) is 7.43. The van der Waals surface area contributed by atoms with Crippen LogP contribution in [0.25, 0.3) is 17.0 Å². The summed E-state index contributed by atoms with van der Waals surface area (Å²) in [4.78, 5) is 19.9. The number of esters is 1. The van der Waals surface area contributed by atoms with Gasteiger partial charge in [-0.1, -0.05) is 21.8 Å². The van der Waals surface area contributed by atoms with Crippen LogP contribution in [0.15, 0.2) is 18.6 Å². The van der Waals surface area contributed by atoms with Gasteiger partial charge in [-0.15, -0.1) is 0 Å². The monoisotopic (exact) mass is 484 g/mol. The molecule has 0 saturated heterocycles. The molecule has 0 unspecified atom stereocenters. The van der Waals surface area contributed by atoms with Crippen LogP contribution in [0.5, 0.6) is 5.88 Å². The maximum Gasteiger partial charge on any atom is 0.341 e. The average molecular weight is 484 g/mol. The number of nitrogens with zero attached hydrogens (tertiary/aromatic N) is 5. The van der Waals surface area contributed by atoms with Gasteiger partial charge in [0.1, 0.15) is 11.0 Å². The van der Waals surface area contributed by atoms with Gasteiger partial charge in [0.05, 0.1) is 32.2 Å². The van der Waals surface area contributed by atoms with Crippen molar-refractivity contribution in [1.29, 1.82) is 0 Å². The summed E-state index contributed by atoms with van der Waals surface area (Å²) in [5.74, 6) is 0.135. The van der Waals surface area contributed by atoms with Gasteiger partial charge in [0.15, 0.2) is 0 Å². The second-order valence-electron chi connectivity index (χ2n) is 4.24. The number of nitrogens with two attached hydrogens (primary N) is 1. The quantitative estimate of drug-likeness (QED) is 0.428. The Morgan fingerprint density at radius 3 is 2.34 bits per heavy atom. The van der Waals surface area contributed by atoms with Crippen LogP contribution in [-0.2, 0) is 37.4 Å². The van der Waals surface area contributed by atoms with Crippen LogP contribution in [0, 0.1) is 14.4 Å². The molecule has 0 aliphatic rings. The van der Waals surface area contributed by atoms with Crippen LogP contribution in [0.3, 0.4) is 0 Å². The molecule has 0 bridgehead atoms. The fraction of sp³-hybridized carbons (Fsp3) is 0.389. The number of aromatic nitrogens is 6. The van der Waals surface area contributed by atoms with Gasteiger partial charge in [-0.05, 0) is 6.54 Å². The van der Waals surface area contributed by atoms with E-state index in [1.807, 2.05) is 6.92 Å². The molecule has 163 valence electrons. The van der Waals surface area contributed by atoms with Crippen molar-refractivity contribution in [2.24, 2.45) is 5.73 Å². The molecule has 3 N–H and O–H groups in total. The number of ether oxygens (including phenoxy) is 2. The number of methoxy groups -OCH3 is 2. The van der Waals surface area contributed by atoms with E-state index in [4.69, 9.17) is 10.5 Å². The summed E-state index contributed by atoms with van der Waals surface area (Å²) in [7, 11) is 2.80. The summed E-state index contributed by atoms with van der Waals surface area (Å²) < 4.78 is 11.1. The second kappa shape index (κ2) is 18.1. The van der Waals surface area contributed by atoms with E-state index < -0.39 is 5.97 Å². The Balaban J connectivity index is -0.000000320. The Morgan fingerprint density at radius 2 is 1.83 bits per heavy atom. The smallest absolute Gasteiger partial charge is 0.341 e. The van der Waals surface area contributed by atoms with Gasteiger partial charge in [-0.2, -0.15) is 22.1 Å². The van der Waals surface area contributed by atoms with E-state index in [9.17, 15) is 4.79 Å². The molecule has 29 heavy (non-hydrogen) atoms. The topological polar surface area (TPSA) is 134 Å². The molecule has 0 amide bonds. The van der Waals surface area contributed by atoms with Gasteiger partial charge in [0.25, 0.3) is 5.95 Å². The zero-order valence-electron chi connectivity index (χ0n) is 16.3. The van der Waals surface area contributed by atoms with Gasteiger partial charge in [0.2, 0.25) is 5.88 Å². The minimum Gasteiger partial charge on any atom is -0.479 e. The molecule has 3 aromatic rings. The molecular formula is C18H33N7O3Y-2. The summed E-state index contributed by atoms with van der Waals surface area (Å²) in [6.07, 6.45) is 4.40. The van der Waals surface area contributed by atoms with Gasteiger partial charge in [-0.3, -0.25) is 5.10 Å². The normalized spacial score (nSPS) is 8.21. The number of aromatic amines is 1. The van der Waals surface area contributed by atoms with Crippen LogP contribution in [0.1, 0.15) is 39.1 Å². The van der Waals surface area contributed by atoms with Crippen LogP contribution in [-0.4, -0.2) is 56.7 Å². The zero-order chi connectivity index (χ0) is 18.8. The van der Waals surface area contributed by atoms with Crippen molar-refractivity contribution in [2.75, 3.05) is 20.8 Å². The number of rotatable bonds is 3. The summed E-state index contributed by atoms with van der Waals surface area (Å²) in [5.41, 5.74) is 6.33. The molecule has 0 fully saturated rings. The van der Waals surface area contributed by atoms with Crippen molar-refractivity contribution in [3.63, 3.8) is 0 Å². The molecule has 10 nitrogen and oxygen atoms in total. The number of hydrogen-bond donors (Lipinski definition) is 2. The van der Waals surface area contributed by atoms with E-state index in [1.54, 1.807) is 13.1 Å². The third kappa shape index (κ3) is 8.97. The minimum absolute atomic E-state index is 0.